The van der Waals surface area contributed by atoms with Crippen LogP contribution in [-0.4, -0.2) is 97.2 Å². The predicted molar refractivity (Wildman–Crippen MR) is 133 cm³/mol. The van der Waals surface area contributed by atoms with E-state index in [4.69, 9.17) is 4.74 Å². The number of likely N-dealkylation sites (N-methyl/N-ethyl adjacent to an activating group) is 1. The van der Waals surface area contributed by atoms with Crippen LogP contribution in [0.5, 0.6) is 0 Å². The van der Waals surface area contributed by atoms with Gasteiger partial charge in [-0.3, -0.25) is 14.4 Å². The number of hydrogen-bond acceptors (Lipinski definition) is 8. The minimum absolute atomic E-state index is 0.0100. The highest BCUT2D eigenvalue weighted by atomic mass is 19.4. The highest BCUT2D eigenvalue weighted by Gasteiger charge is 2.51. The van der Waals surface area contributed by atoms with E-state index in [1.54, 1.807) is 4.90 Å². The lowest BCUT2D eigenvalue weighted by atomic mass is 10.0. The van der Waals surface area contributed by atoms with Crippen LogP contribution < -0.4 is 9.80 Å². The van der Waals surface area contributed by atoms with Crippen molar-refractivity contribution in [1.82, 2.24) is 14.8 Å². The van der Waals surface area contributed by atoms with Crippen molar-refractivity contribution in [2.45, 2.75) is 43.7 Å². The predicted octanol–water partition coefficient (Wildman–Crippen LogP) is 2.98. The topological polar surface area (TPSA) is 111 Å². The molecule has 0 saturated carbocycles. The van der Waals surface area contributed by atoms with Crippen LogP contribution in [0.2, 0.25) is 0 Å². The lowest BCUT2D eigenvalue weighted by Crippen LogP contribution is -2.63. The summed E-state index contributed by atoms with van der Waals surface area (Å²) in [5, 5.41) is 6.46. The number of amides is 3. The van der Waals surface area contributed by atoms with E-state index in [-0.39, 0.29) is 68.9 Å². The first-order valence-corrected chi connectivity index (χ1v) is 13.2. The molecule has 0 spiro atoms. The van der Waals surface area contributed by atoms with Crippen LogP contribution in [0.1, 0.15) is 24.8 Å². The highest BCUT2D eigenvalue weighted by molar-refractivity contribution is 6.05. The normalized spacial score (nSPS) is 24.6. The van der Waals surface area contributed by atoms with E-state index in [1.807, 2.05) is 0 Å². The quantitative estimate of drug-likeness (QED) is 0.363. The number of hydrogen-bond donors (Lipinski definition) is 0. The number of carbonyl (C=O) groups is 3. The summed E-state index contributed by atoms with van der Waals surface area (Å²) in [6, 6.07) is -0.378. The molecule has 42 heavy (non-hydrogen) atoms. The largest absolute Gasteiger partial charge is 0.417 e. The zero-order valence-corrected chi connectivity index (χ0v) is 22.4. The van der Waals surface area contributed by atoms with Gasteiger partial charge in [0.25, 0.3) is 11.8 Å². The molecule has 11 nitrogen and oxygen atoms in total. The first kappa shape index (κ1) is 29.7. The van der Waals surface area contributed by atoms with Gasteiger partial charge in [-0.05, 0) is 18.9 Å². The molecule has 3 atom stereocenters. The Morgan fingerprint density at radius 1 is 1.10 bits per heavy atom. The maximum absolute atomic E-state index is 13.5. The number of aromatic nitrogens is 1. The molecule has 5 heterocycles. The third-order valence-corrected chi connectivity index (χ3v) is 7.85. The van der Waals surface area contributed by atoms with Crippen molar-refractivity contribution in [3.8, 4) is 0 Å². The van der Waals surface area contributed by atoms with E-state index < -0.39 is 47.7 Å². The molecule has 0 bridgehead atoms. The summed E-state index contributed by atoms with van der Waals surface area (Å²) in [4.78, 5) is 47.4. The van der Waals surface area contributed by atoms with Crippen molar-refractivity contribution >= 4 is 29.2 Å². The molecular formula is C25H27F6N7O4. The number of anilines is 2. The number of likely N-dealkylation sites (tertiary alicyclic amines) is 1. The van der Waals surface area contributed by atoms with Gasteiger partial charge in [0.1, 0.15) is 6.04 Å². The number of azo groups is 1. The fourth-order valence-corrected chi connectivity index (χ4v) is 5.72. The van der Waals surface area contributed by atoms with Gasteiger partial charge in [-0.2, -0.15) is 31.5 Å². The van der Waals surface area contributed by atoms with E-state index in [2.05, 4.69) is 15.2 Å². The highest BCUT2D eigenvalue weighted by Crippen LogP contribution is 2.40. The van der Waals surface area contributed by atoms with Gasteiger partial charge in [-0.1, -0.05) is 0 Å². The molecule has 0 aliphatic carbocycles. The molecule has 0 N–H and O–H groups in total. The summed E-state index contributed by atoms with van der Waals surface area (Å²) in [6.07, 6.45) is -6.69. The van der Waals surface area contributed by atoms with Crippen molar-refractivity contribution in [3.63, 3.8) is 0 Å². The minimum Gasteiger partial charge on any atom is -0.379 e. The number of halogens is 6. The number of ether oxygens (including phenoxy) is 1. The Bertz CT molecular complexity index is 1320. The van der Waals surface area contributed by atoms with Gasteiger partial charge in [0.15, 0.2) is 11.7 Å². The van der Waals surface area contributed by atoms with E-state index in [9.17, 15) is 40.7 Å². The van der Waals surface area contributed by atoms with Crippen molar-refractivity contribution in [2.75, 3.05) is 56.2 Å². The molecule has 17 heteroatoms. The van der Waals surface area contributed by atoms with Crippen LogP contribution in [0.3, 0.4) is 0 Å². The fraction of sp³-hybridized carbons (Fsp3) is 0.600. The molecule has 1 aromatic heterocycles. The first-order valence-electron chi connectivity index (χ1n) is 13.2. The second-order valence-electron chi connectivity index (χ2n) is 10.4. The lowest BCUT2D eigenvalue weighted by Gasteiger charge is -2.46. The Balaban J connectivity index is 1.15. The van der Waals surface area contributed by atoms with Gasteiger partial charge in [0.05, 0.1) is 55.4 Å². The zero-order chi connectivity index (χ0) is 30.4. The van der Waals surface area contributed by atoms with Crippen molar-refractivity contribution in [2.24, 2.45) is 16.1 Å². The van der Waals surface area contributed by atoms with Crippen LogP contribution in [0.15, 0.2) is 34.4 Å². The molecule has 2 fully saturated rings. The number of carbonyl (C=O) groups excluding carboxylic acids is 3. The van der Waals surface area contributed by atoms with Crippen LogP contribution in [0, 0.1) is 5.92 Å². The molecule has 0 radical (unpaired) electrons. The average Bonchev–Trinajstić information content (AvgIpc) is 3.40. The van der Waals surface area contributed by atoms with Gasteiger partial charge in [0.2, 0.25) is 5.91 Å². The van der Waals surface area contributed by atoms with E-state index in [0.717, 1.165) is 23.4 Å². The Hall–Kier alpha value is -3.76. The second kappa shape index (κ2) is 11.1. The van der Waals surface area contributed by atoms with Crippen molar-refractivity contribution < 1.29 is 45.5 Å². The Labute approximate surface area is 235 Å². The molecule has 228 valence electrons. The molecular weight excluding hydrogens is 576 g/mol. The fourth-order valence-electron chi connectivity index (χ4n) is 5.72. The summed E-state index contributed by atoms with van der Waals surface area (Å²) >= 11 is 0. The Morgan fingerprint density at radius 3 is 2.57 bits per heavy atom. The number of rotatable bonds is 6. The van der Waals surface area contributed by atoms with Crippen LogP contribution in [-0.2, 0) is 25.3 Å². The number of piperazine rings is 1. The zero-order valence-electron chi connectivity index (χ0n) is 22.4. The summed E-state index contributed by atoms with van der Waals surface area (Å²) < 4.78 is 85.8. The van der Waals surface area contributed by atoms with E-state index >= 15 is 0 Å². The van der Waals surface area contributed by atoms with Crippen molar-refractivity contribution in [3.05, 3.63) is 29.7 Å². The van der Waals surface area contributed by atoms with Crippen LogP contribution in [0.4, 0.5) is 37.8 Å². The number of pyridine rings is 1. The monoisotopic (exact) mass is 603 g/mol. The average molecular weight is 604 g/mol. The summed E-state index contributed by atoms with van der Waals surface area (Å²) in [6.45, 7) is 0.703. The summed E-state index contributed by atoms with van der Waals surface area (Å²) in [5.41, 5.74) is -1.20. The molecule has 1 aromatic rings. The van der Waals surface area contributed by atoms with Gasteiger partial charge in [0, 0.05) is 32.9 Å². The van der Waals surface area contributed by atoms with Crippen LogP contribution >= 0.6 is 0 Å². The smallest absolute Gasteiger partial charge is 0.379 e. The Morgan fingerprint density at radius 2 is 1.86 bits per heavy atom. The minimum atomic E-state index is -4.81. The second-order valence-corrected chi connectivity index (χ2v) is 10.4. The van der Waals surface area contributed by atoms with Gasteiger partial charge in [-0.25, -0.2) is 4.98 Å². The van der Waals surface area contributed by atoms with E-state index in [0.29, 0.717) is 12.8 Å². The molecule has 5 rings (SSSR count). The standard InChI is InChI=1S/C25H27F6N7O4/c1-35-16-9-14(24(26,27)28)10-32-21(16)38-7-6-36(12-18(38)23(35)41)19(39)4-8-42-13-15-3-2-5-37(15)17-11-33-34-22(40)20(17)25(29,30)31/h9-11,15,18,20H,2-8,12-13H2,1H3/t15-,18-,20?/m0/s1. The first-order chi connectivity index (χ1) is 19.8. The lowest BCUT2D eigenvalue weighted by molar-refractivity contribution is -0.177. The molecule has 2 saturated heterocycles. The van der Waals surface area contributed by atoms with Crippen LogP contribution in [0.25, 0.3) is 0 Å². The SMILES string of the molecule is CN1C(=O)[C@@H]2CN(C(=O)CCOC[C@@H]3CCCN3C3=CN=NC(=O)C3C(F)(F)F)CCN2c2ncc(C(F)(F)F)cc21. The maximum atomic E-state index is 13.5. The molecule has 1 unspecified atom stereocenters. The molecule has 3 amide bonds. The van der Waals surface area contributed by atoms with E-state index in [1.165, 1.54) is 16.8 Å². The van der Waals surface area contributed by atoms with Crippen molar-refractivity contribution in [1.29, 1.82) is 0 Å². The number of fused-ring (bicyclic) bond motifs is 3. The summed E-state index contributed by atoms with van der Waals surface area (Å²) in [7, 11) is 1.36. The Kier molecular flexibility index (Phi) is 7.89. The molecule has 0 aromatic carbocycles. The van der Waals surface area contributed by atoms with Gasteiger partial charge >= 0.3 is 12.4 Å². The van der Waals surface area contributed by atoms with Gasteiger partial charge < -0.3 is 24.3 Å². The third kappa shape index (κ3) is 5.65. The van der Waals surface area contributed by atoms with Gasteiger partial charge in [-0.15, -0.1) is 5.11 Å². The molecule has 4 aliphatic heterocycles. The summed E-state index contributed by atoms with van der Waals surface area (Å²) in [5.74, 6) is -4.30. The number of nitrogens with zero attached hydrogens (tertiary/aromatic N) is 7. The number of alkyl halides is 6. The maximum Gasteiger partial charge on any atom is 0.417 e. The molecule has 4 aliphatic rings. The third-order valence-electron chi connectivity index (χ3n) is 7.85.